The van der Waals surface area contributed by atoms with E-state index in [1.54, 1.807) is 26.1 Å². The summed E-state index contributed by atoms with van der Waals surface area (Å²) < 4.78 is 39.3. The maximum atomic E-state index is 15.8. The Morgan fingerprint density at radius 3 is 2.40 bits per heavy atom. The maximum Gasteiger partial charge on any atom is 0.133 e. The first-order valence-electron chi connectivity index (χ1n) is 14.2. The van der Waals surface area contributed by atoms with Gasteiger partial charge in [-0.2, -0.15) is 0 Å². The lowest BCUT2D eigenvalue weighted by Crippen LogP contribution is -2.28. The number of rotatable bonds is 7. The molecule has 2 unspecified atom stereocenters. The Morgan fingerprint density at radius 2 is 1.75 bits per heavy atom. The highest BCUT2D eigenvalue weighted by molar-refractivity contribution is 6.07. The van der Waals surface area contributed by atoms with Gasteiger partial charge in [0.15, 0.2) is 0 Å². The second-order valence-corrected chi connectivity index (χ2v) is 11.5. The summed E-state index contributed by atoms with van der Waals surface area (Å²) in [6.45, 7) is 5.18. The fourth-order valence-electron chi connectivity index (χ4n) is 6.57. The number of hydrogen-bond donors (Lipinski definition) is 2. The summed E-state index contributed by atoms with van der Waals surface area (Å²) in [7, 11) is 1.64. The van der Waals surface area contributed by atoms with Crippen molar-refractivity contribution in [2.45, 2.75) is 51.5 Å². The molecule has 40 heavy (non-hydrogen) atoms. The molecule has 6 rings (SSSR count). The van der Waals surface area contributed by atoms with Crippen LogP contribution >= 0.6 is 0 Å². The van der Waals surface area contributed by atoms with Crippen LogP contribution in [-0.4, -0.2) is 34.8 Å². The number of pyridine rings is 1. The molecule has 1 aliphatic carbocycles. The minimum absolute atomic E-state index is 0.117. The summed E-state index contributed by atoms with van der Waals surface area (Å²) in [5.74, 6) is 6.56. The normalized spacial score (nSPS) is 18.6. The molecule has 3 heterocycles. The molecule has 1 aliphatic heterocycles. The molecule has 2 aliphatic rings. The van der Waals surface area contributed by atoms with E-state index >= 15 is 8.78 Å². The molecule has 2 fully saturated rings. The van der Waals surface area contributed by atoms with Crippen LogP contribution in [0.25, 0.3) is 27.6 Å². The first-order valence-corrected chi connectivity index (χ1v) is 14.2. The van der Waals surface area contributed by atoms with Gasteiger partial charge in [0.05, 0.1) is 28.3 Å². The van der Waals surface area contributed by atoms with Gasteiger partial charge in [-0.3, -0.25) is 4.98 Å². The number of hydrazine groups is 1. The number of benzene rings is 2. The summed E-state index contributed by atoms with van der Waals surface area (Å²) >= 11 is 0. The number of nitrogens with two attached hydrogens (primary N) is 2. The lowest BCUT2D eigenvalue weighted by Gasteiger charge is -2.33. The summed E-state index contributed by atoms with van der Waals surface area (Å²) in [5.41, 5.74) is 11.4. The standard InChI is InChI=1S/C32H37F2N5O/c1-18(20-8-9-20)22-14-29-30(37-17-22)25-15-27(34)24(31(19(2)35)38(3)36)16-28(25)39(29)32(21-10-12-40-13-11-21)23-6-4-5-7-26(23)33/h4-7,14-18,20-21,32H,8-13,35-36H2,1-3H3/b31-19-. The number of allylic oxidation sites excluding steroid dienone is 1. The first-order chi connectivity index (χ1) is 19.3. The van der Waals surface area contributed by atoms with Crippen molar-refractivity contribution in [1.82, 2.24) is 14.6 Å². The van der Waals surface area contributed by atoms with Gasteiger partial charge >= 0.3 is 0 Å². The Hall–Kier alpha value is -3.49. The zero-order chi connectivity index (χ0) is 28.1. The zero-order valence-electron chi connectivity index (χ0n) is 23.3. The predicted octanol–water partition coefficient (Wildman–Crippen LogP) is 6.45. The summed E-state index contributed by atoms with van der Waals surface area (Å²) in [6, 6.07) is 12.2. The third kappa shape index (κ3) is 4.63. The molecule has 0 spiro atoms. The average Bonchev–Trinajstić information content (AvgIpc) is 3.74. The van der Waals surface area contributed by atoms with E-state index in [4.69, 9.17) is 21.3 Å². The smallest absolute Gasteiger partial charge is 0.133 e. The van der Waals surface area contributed by atoms with Gasteiger partial charge in [0.25, 0.3) is 0 Å². The molecule has 0 bridgehead atoms. The SMILES string of the molecule is C/C(N)=C(\c1cc2c(cc1F)c1ncc(C(C)C3CC3)cc1n2C(c1ccccc1F)C1CCOCC1)N(C)N. The number of aromatic nitrogens is 2. The van der Waals surface area contributed by atoms with Gasteiger partial charge in [0.1, 0.15) is 11.6 Å². The molecular formula is C32H37F2N5O. The van der Waals surface area contributed by atoms with Crippen LogP contribution in [0.4, 0.5) is 8.78 Å². The van der Waals surface area contributed by atoms with E-state index in [2.05, 4.69) is 17.6 Å². The predicted molar refractivity (Wildman–Crippen MR) is 155 cm³/mol. The van der Waals surface area contributed by atoms with Gasteiger partial charge in [0, 0.05) is 48.7 Å². The summed E-state index contributed by atoms with van der Waals surface area (Å²) in [5, 5.41) is 2.02. The fourth-order valence-corrected chi connectivity index (χ4v) is 6.57. The first kappa shape index (κ1) is 26.7. The third-order valence-electron chi connectivity index (χ3n) is 8.80. The minimum Gasteiger partial charge on any atom is -0.401 e. The van der Waals surface area contributed by atoms with Crippen molar-refractivity contribution < 1.29 is 13.5 Å². The maximum absolute atomic E-state index is 15.8. The van der Waals surface area contributed by atoms with Crippen molar-refractivity contribution >= 4 is 27.6 Å². The molecule has 2 aromatic heterocycles. The van der Waals surface area contributed by atoms with Crippen LogP contribution in [0.5, 0.6) is 0 Å². The Morgan fingerprint density at radius 1 is 1.02 bits per heavy atom. The van der Waals surface area contributed by atoms with E-state index in [-0.39, 0.29) is 17.8 Å². The largest absolute Gasteiger partial charge is 0.401 e. The number of nitrogens with zero attached hydrogens (tertiary/aromatic N) is 3. The minimum atomic E-state index is -0.436. The van der Waals surface area contributed by atoms with Gasteiger partial charge in [-0.1, -0.05) is 25.1 Å². The fraction of sp³-hybridized carbons (Fsp3) is 0.406. The number of fused-ring (bicyclic) bond motifs is 3. The summed E-state index contributed by atoms with van der Waals surface area (Å²) in [6.07, 6.45) is 5.95. The Bertz CT molecular complexity index is 1600. The molecule has 210 valence electrons. The van der Waals surface area contributed by atoms with Crippen molar-refractivity contribution in [2.24, 2.45) is 23.4 Å². The van der Waals surface area contributed by atoms with Crippen molar-refractivity contribution in [2.75, 3.05) is 20.3 Å². The van der Waals surface area contributed by atoms with Crippen LogP contribution in [0.15, 0.2) is 54.4 Å². The lowest BCUT2D eigenvalue weighted by atomic mass is 9.86. The number of halogens is 2. The third-order valence-corrected chi connectivity index (χ3v) is 8.80. The average molecular weight is 546 g/mol. The van der Waals surface area contributed by atoms with Crippen LogP contribution in [0.3, 0.4) is 0 Å². The van der Waals surface area contributed by atoms with Gasteiger partial charge < -0.3 is 20.0 Å². The molecule has 4 N–H and O–H groups in total. The molecule has 0 radical (unpaired) electrons. The van der Waals surface area contributed by atoms with E-state index in [0.717, 1.165) is 29.4 Å². The van der Waals surface area contributed by atoms with Crippen molar-refractivity contribution in [3.05, 3.63) is 82.7 Å². The molecule has 2 aromatic carbocycles. The van der Waals surface area contributed by atoms with Crippen molar-refractivity contribution in [1.29, 1.82) is 0 Å². The molecule has 4 aromatic rings. The Labute approximate surface area is 233 Å². The van der Waals surface area contributed by atoms with Gasteiger partial charge in [0.2, 0.25) is 0 Å². The van der Waals surface area contributed by atoms with Gasteiger partial charge in [-0.25, -0.2) is 14.6 Å². The lowest BCUT2D eigenvalue weighted by molar-refractivity contribution is 0.0548. The molecule has 2 atom stereocenters. The second kappa shape index (κ2) is 10.5. The van der Waals surface area contributed by atoms with Crippen LogP contribution in [0.2, 0.25) is 0 Å². The van der Waals surface area contributed by atoms with Gasteiger partial charge in [-0.05, 0) is 80.2 Å². The topological polar surface area (TPSA) is 82.3 Å². The highest BCUT2D eigenvalue weighted by Crippen LogP contribution is 2.45. The van der Waals surface area contributed by atoms with E-state index in [1.807, 2.05) is 18.3 Å². The molecule has 1 saturated carbocycles. The Balaban J connectivity index is 1.70. The van der Waals surface area contributed by atoms with Crippen molar-refractivity contribution in [3.63, 3.8) is 0 Å². The van der Waals surface area contributed by atoms with Gasteiger partial charge in [-0.15, -0.1) is 0 Å². The van der Waals surface area contributed by atoms with E-state index in [0.29, 0.717) is 58.5 Å². The van der Waals surface area contributed by atoms with E-state index < -0.39 is 5.82 Å². The molecule has 0 amide bonds. The highest BCUT2D eigenvalue weighted by atomic mass is 19.1. The van der Waals surface area contributed by atoms with E-state index in [9.17, 15) is 0 Å². The highest BCUT2D eigenvalue weighted by Gasteiger charge is 2.34. The quantitative estimate of drug-likeness (QED) is 0.206. The monoisotopic (exact) mass is 545 g/mol. The Kier molecular flexibility index (Phi) is 7.00. The zero-order valence-corrected chi connectivity index (χ0v) is 23.3. The second-order valence-electron chi connectivity index (χ2n) is 11.5. The molecule has 1 saturated heterocycles. The molecule has 8 heteroatoms. The van der Waals surface area contributed by atoms with Crippen molar-refractivity contribution in [3.8, 4) is 0 Å². The number of ether oxygens (including phenoxy) is 1. The molecule has 6 nitrogen and oxygen atoms in total. The summed E-state index contributed by atoms with van der Waals surface area (Å²) in [4.78, 5) is 4.91. The van der Waals surface area contributed by atoms with Crippen LogP contribution in [0.1, 0.15) is 68.2 Å². The molecular weight excluding hydrogens is 508 g/mol. The van der Waals surface area contributed by atoms with Crippen LogP contribution in [0, 0.1) is 23.5 Å². The van der Waals surface area contributed by atoms with Crippen LogP contribution in [-0.2, 0) is 4.74 Å². The number of hydrogen-bond acceptors (Lipinski definition) is 5. The van der Waals surface area contributed by atoms with Crippen LogP contribution < -0.4 is 11.6 Å². The van der Waals surface area contributed by atoms with E-state index in [1.165, 1.54) is 30.0 Å².